The number of benzene rings is 3. The van der Waals surface area contributed by atoms with Crippen LogP contribution in [0.25, 0.3) is 22.4 Å². The Labute approximate surface area is 225 Å². The van der Waals surface area contributed by atoms with Crippen molar-refractivity contribution in [3.8, 4) is 22.4 Å². The van der Waals surface area contributed by atoms with Crippen molar-refractivity contribution in [3.05, 3.63) is 111 Å². The molecule has 1 fully saturated rings. The highest BCUT2D eigenvalue weighted by Crippen LogP contribution is 2.58. The SMILES string of the molecule is CC1(C)C2CC=C(C=Nn3c(-c4ccc(-c5ccccc5)cc4)csc3=Nc3ccccc3[N+](=O)[O-])C1C2. The third-order valence-electron chi connectivity index (χ3n) is 8.10. The monoisotopic (exact) mass is 520 g/mol. The zero-order valence-electron chi connectivity index (χ0n) is 21.3. The molecule has 4 aromatic rings. The third-order valence-corrected chi connectivity index (χ3v) is 8.92. The number of fused-ring (bicyclic) bond motifs is 1. The predicted molar refractivity (Wildman–Crippen MR) is 153 cm³/mol. The van der Waals surface area contributed by atoms with Crippen LogP contribution in [-0.4, -0.2) is 15.8 Å². The lowest BCUT2D eigenvalue weighted by Gasteiger charge is -2.55. The second-order valence-corrected chi connectivity index (χ2v) is 11.3. The van der Waals surface area contributed by atoms with E-state index < -0.39 is 4.92 Å². The van der Waals surface area contributed by atoms with Crippen molar-refractivity contribution in [2.45, 2.75) is 26.7 Å². The average molecular weight is 521 g/mol. The largest absolute Gasteiger partial charge is 0.294 e. The van der Waals surface area contributed by atoms with E-state index in [2.05, 4.69) is 56.3 Å². The van der Waals surface area contributed by atoms with Gasteiger partial charge in [-0.2, -0.15) is 5.10 Å². The van der Waals surface area contributed by atoms with Crippen molar-refractivity contribution in [1.82, 2.24) is 4.68 Å². The molecule has 0 amide bonds. The maximum atomic E-state index is 11.6. The molecular weight excluding hydrogens is 492 g/mol. The minimum absolute atomic E-state index is 0.0255. The molecule has 2 unspecified atom stereocenters. The van der Waals surface area contributed by atoms with Crippen LogP contribution in [-0.2, 0) is 0 Å². The lowest BCUT2D eigenvalue weighted by atomic mass is 9.49. The quantitative estimate of drug-likeness (QED) is 0.147. The van der Waals surface area contributed by atoms with E-state index in [0.29, 0.717) is 21.8 Å². The van der Waals surface area contributed by atoms with Crippen molar-refractivity contribution >= 4 is 28.9 Å². The van der Waals surface area contributed by atoms with Gasteiger partial charge in [-0.25, -0.2) is 9.67 Å². The third kappa shape index (κ3) is 4.33. The second kappa shape index (κ2) is 9.65. The Kier molecular flexibility index (Phi) is 6.16. The van der Waals surface area contributed by atoms with Gasteiger partial charge in [0.1, 0.15) is 5.69 Å². The van der Waals surface area contributed by atoms with E-state index in [4.69, 9.17) is 10.1 Å². The van der Waals surface area contributed by atoms with Crippen LogP contribution >= 0.6 is 11.3 Å². The van der Waals surface area contributed by atoms with Gasteiger partial charge in [-0.15, -0.1) is 11.3 Å². The number of para-hydroxylation sites is 2. The standard InChI is InChI=1S/C31H28N4O2S/c1-31(2)25-17-16-24(26(31)18-25)19-32-34-29(23-14-12-22(13-15-23)21-8-4-3-5-9-21)20-38-30(34)33-27-10-6-7-11-28(27)35(36)37/h3-16,19-20,25-26H,17-18H2,1-2H3. The van der Waals surface area contributed by atoms with Crippen molar-refractivity contribution in [2.75, 3.05) is 0 Å². The van der Waals surface area contributed by atoms with E-state index in [1.54, 1.807) is 18.2 Å². The zero-order chi connectivity index (χ0) is 26.3. The summed E-state index contributed by atoms with van der Waals surface area (Å²) in [7, 11) is 0. The summed E-state index contributed by atoms with van der Waals surface area (Å²) in [5, 5.41) is 18.6. The van der Waals surface area contributed by atoms with Crippen LogP contribution in [0.5, 0.6) is 0 Å². The number of rotatable bonds is 6. The highest BCUT2D eigenvalue weighted by atomic mass is 32.1. The van der Waals surface area contributed by atoms with Crippen molar-refractivity contribution in [3.63, 3.8) is 0 Å². The van der Waals surface area contributed by atoms with E-state index in [1.165, 1.54) is 29.4 Å². The normalized spacial score (nSPS) is 20.3. The molecule has 3 aromatic carbocycles. The van der Waals surface area contributed by atoms with Crippen molar-refractivity contribution in [1.29, 1.82) is 0 Å². The summed E-state index contributed by atoms with van der Waals surface area (Å²) in [6.07, 6.45) is 6.57. The fourth-order valence-electron chi connectivity index (χ4n) is 5.64. The molecule has 2 bridgehead atoms. The smallest absolute Gasteiger partial charge is 0.258 e. The first-order valence-corrected chi connectivity index (χ1v) is 13.7. The van der Waals surface area contributed by atoms with Gasteiger partial charge in [0.25, 0.3) is 5.69 Å². The summed E-state index contributed by atoms with van der Waals surface area (Å²) >= 11 is 1.42. The van der Waals surface area contributed by atoms with Gasteiger partial charge < -0.3 is 0 Å². The van der Waals surface area contributed by atoms with E-state index in [-0.39, 0.29) is 5.69 Å². The summed E-state index contributed by atoms with van der Waals surface area (Å²) in [6.45, 7) is 4.69. The number of nitro groups is 1. The van der Waals surface area contributed by atoms with Crippen LogP contribution in [0, 0.1) is 27.4 Å². The van der Waals surface area contributed by atoms with Crippen LogP contribution in [0.15, 0.2) is 106 Å². The highest BCUT2D eigenvalue weighted by Gasteiger charge is 2.50. The first-order chi connectivity index (χ1) is 18.4. The number of hydrogen-bond donors (Lipinski definition) is 0. The van der Waals surface area contributed by atoms with Gasteiger partial charge in [-0.3, -0.25) is 10.1 Å². The van der Waals surface area contributed by atoms with Crippen molar-refractivity contribution < 1.29 is 4.92 Å². The van der Waals surface area contributed by atoms with Crippen LogP contribution < -0.4 is 4.80 Å². The zero-order valence-corrected chi connectivity index (χ0v) is 22.1. The molecule has 0 N–H and O–H groups in total. The molecule has 0 aliphatic heterocycles. The molecule has 2 atom stereocenters. The molecule has 38 heavy (non-hydrogen) atoms. The van der Waals surface area contributed by atoms with Gasteiger partial charge in [0.05, 0.1) is 16.8 Å². The maximum absolute atomic E-state index is 11.6. The van der Waals surface area contributed by atoms with Crippen LogP contribution in [0.2, 0.25) is 0 Å². The van der Waals surface area contributed by atoms with E-state index >= 15 is 0 Å². The van der Waals surface area contributed by atoms with E-state index in [9.17, 15) is 10.1 Å². The van der Waals surface area contributed by atoms with Crippen LogP contribution in [0.4, 0.5) is 11.4 Å². The maximum Gasteiger partial charge on any atom is 0.294 e. The molecule has 0 spiro atoms. The molecule has 3 aliphatic carbocycles. The van der Waals surface area contributed by atoms with Crippen LogP contribution in [0.1, 0.15) is 26.7 Å². The Balaban J connectivity index is 1.43. The molecular formula is C31H28N4O2S. The summed E-state index contributed by atoms with van der Waals surface area (Å²) in [5.74, 6) is 1.26. The molecule has 0 radical (unpaired) electrons. The van der Waals surface area contributed by atoms with Gasteiger partial charge in [-0.05, 0) is 52.9 Å². The molecule has 3 aliphatic rings. The predicted octanol–water partition coefficient (Wildman–Crippen LogP) is 7.85. The molecule has 7 heteroatoms. The molecule has 7 rings (SSSR count). The molecule has 6 nitrogen and oxygen atoms in total. The number of thiazole rings is 1. The summed E-state index contributed by atoms with van der Waals surface area (Å²) in [5.41, 5.74) is 6.04. The summed E-state index contributed by atoms with van der Waals surface area (Å²) < 4.78 is 1.82. The Morgan fingerprint density at radius 3 is 2.37 bits per heavy atom. The first kappa shape index (κ1) is 24.2. The fraction of sp³-hybridized carbons (Fsp3) is 0.226. The lowest BCUT2D eigenvalue weighted by molar-refractivity contribution is -0.384. The highest BCUT2D eigenvalue weighted by molar-refractivity contribution is 7.07. The average Bonchev–Trinajstić information content (AvgIpc) is 3.34. The van der Waals surface area contributed by atoms with Gasteiger partial charge in [0.15, 0.2) is 0 Å². The molecule has 1 aromatic heterocycles. The number of nitro benzene ring substituents is 1. The Hall–Kier alpha value is -4.10. The Bertz CT molecular complexity index is 1630. The summed E-state index contributed by atoms with van der Waals surface area (Å²) in [4.78, 5) is 16.5. The fourth-order valence-corrected chi connectivity index (χ4v) is 6.49. The minimum Gasteiger partial charge on any atom is -0.258 e. The summed E-state index contributed by atoms with van der Waals surface area (Å²) in [6, 6.07) is 25.2. The van der Waals surface area contributed by atoms with Crippen LogP contribution in [0.3, 0.4) is 0 Å². The Morgan fingerprint density at radius 2 is 1.66 bits per heavy atom. The second-order valence-electron chi connectivity index (χ2n) is 10.5. The molecule has 1 saturated carbocycles. The van der Waals surface area contributed by atoms with Gasteiger partial charge >= 0.3 is 0 Å². The lowest BCUT2D eigenvalue weighted by Crippen LogP contribution is -2.48. The molecule has 1 heterocycles. The number of allylic oxidation sites excluding steroid dienone is 2. The molecule has 190 valence electrons. The number of aromatic nitrogens is 1. The first-order valence-electron chi connectivity index (χ1n) is 12.8. The Morgan fingerprint density at radius 1 is 0.974 bits per heavy atom. The number of hydrogen-bond acceptors (Lipinski definition) is 5. The van der Waals surface area contributed by atoms with Gasteiger partial charge in [0.2, 0.25) is 4.80 Å². The van der Waals surface area contributed by atoms with E-state index in [1.807, 2.05) is 34.5 Å². The topological polar surface area (TPSA) is 72.8 Å². The van der Waals surface area contributed by atoms with Gasteiger partial charge in [-0.1, -0.05) is 86.7 Å². The van der Waals surface area contributed by atoms with Crippen molar-refractivity contribution in [2.24, 2.45) is 27.3 Å². The minimum atomic E-state index is -0.398. The van der Waals surface area contributed by atoms with Gasteiger partial charge in [0, 0.05) is 17.0 Å². The van der Waals surface area contributed by atoms with E-state index in [0.717, 1.165) is 34.7 Å². The molecule has 0 saturated heterocycles. The number of nitrogens with zero attached hydrogens (tertiary/aromatic N) is 4.